The summed E-state index contributed by atoms with van der Waals surface area (Å²) in [6.45, 7) is 1.86. The molecule has 6 heteroatoms. The lowest BCUT2D eigenvalue weighted by molar-refractivity contribution is -0.139. The van der Waals surface area contributed by atoms with Crippen molar-refractivity contribution in [2.45, 2.75) is 44.6 Å². The lowest BCUT2D eigenvalue weighted by Crippen LogP contribution is -2.45. The predicted octanol–water partition coefficient (Wildman–Crippen LogP) is 2.76. The minimum atomic E-state index is -1.41. The van der Waals surface area contributed by atoms with Gasteiger partial charge >= 0.3 is 11.8 Å². The van der Waals surface area contributed by atoms with Gasteiger partial charge in [-0.1, -0.05) is 29.8 Å². The Labute approximate surface area is 158 Å². The van der Waals surface area contributed by atoms with Crippen LogP contribution >= 0.6 is 0 Å². The number of para-hydroxylation sites is 1. The van der Waals surface area contributed by atoms with Crippen molar-refractivity contribution in [2.75, 3.05) is 13.1 Å². The third-order valence-corrected chi connectivity index (χ3v) is 4.87. The molecule has 1 aromatic carbocycles. The van der Waals surface area contributed by atoms with Crippen LogP contribution in [0.2, 0.25) is 0 Å². The summed E-state index contributed by atoms with van der Waals surface area (Å²) in [5.41, 5.74) is 0.589. The van der Waals surface area contributed by atoms with Crippen LogP contribution in [0.15, 0.2) is 46.4 Å². The fourth-order valence-electron chi connectivity index (χ4n) is 3.22. The van der Waals surface area contributed by atoms with Gasteiger partial charge in [-0.3, -0.25) is 9.59 Å². The molecule has 0 saturated heterocycles. The van der Waals surface area contributed by atoms with E-state index in [0.29, 0.717) is 17.9 Å². The highest BCUT2D eigenvalue weighted by Crippen LogP contribution is 2.27. The van der Waals surface area contributed by atoms with Crippen LogP contribution < -0.4 is 10.6 Å². The fraction of sp³-hybridized carbons (Fsp3) is 0.429. The summed E-state index contributed by atoms with van der Waals surface area (Å²) in [6, 6.07) is 9.15. The molecule has 0 radical (unpaired) electrons. The number of carbonyl (C=O) groups excluding carboxylic acids is 2. The van der Waals surface area contributed by atoms with E-state index in [2.05, 4.69) is 16.7 Å². The summed E-state index contributed by atoms with van der Waals surface area (Å²) in [6.07, 6.45) is 7.58. The molecule has 2 aromatic rings. The summed E-state index contributed by atoms with van der Waals surface area (Å²) < 4.78 is 5.65. The Hall–Kier alpha value is -2.60. The minimum Gasteiger partial charge on any atom is -0.458 e. The molecule has 1 aliphatic carbocycles. The first kappa shape index (κ1) is 19.2. The average Bonchev–Trinajstić information content (AvgIpc) is 3.12. The lowest BCUT2D eigenvalue weighted by atomic mass is 9.97. The van der Waals surface area contributed by atoms with Gasteiger partial charge in [-0.05, 0) is 51.2 Å². The summed E-state index contributed by atoms with van der Waals surface area (Å²) in [7, 11) is 0. The number of fused-ring (bicyclic) bond motifs is 1. The first-order valence-electron chi connectivity index (χ1n) is 9.41. The van der Waals surface area contributed by atoms with Crippen molar-refractivity contribution in [2.24, 2.45) is 0 Å². The van der Waals surface area contributed by atoms with Crippen molar-refractivity contribution in [3.05, 3.63) is 47.7 Å². The van der Waals surface area contributed by atoms with E-state index in [-0.39, 0.29) is 6.54 Å². The summed E-state index contributed by atoms with van der Waals surface area (Å²) in [4.78, 5) is 23.9. The number of hydrogen-bond donors (Lipinski definition) is 3. The van der Waals surface area contributed by atoms with Crippen LogP contribution in [0, 0.1) is 0 Å². The second-order valence-corrected chi connectivity index (χ2v) is 7.22. The number of benzene rings is 1. The van der Waals surface area contributed by atoms with Gasteiger partial charge in [0.05, 0.1) is 6.54 Å². The van der Waals surface area contributed by atoms with E-state index < -0.39 is 17.4 Å². The molecule has 6 nitrogen and oxygen atoms in total. The van der Waals surface area contributed by atoms with Gasteiger partial charge in [-0.25, -0.2) is 0 Å². The monoisotopic (exact) mass is 370 g/mol. The van der Waals surface area contributed by atoms with Crippen molar-refractivity contribution in [1.82, 2.24) is 10.6 Å². The quantitative estimate of drug-likeness (QED) is 0.539. The van der Waals surface area contributed by atoms with E-state index in [1.165, 1.54) is 18.4 Å². The molecule has 3 N–H and O–H groups in total. The first-order valence-corrected chi connectivity index (χ1v) is 9.41. The van der Waals surface area contributed by atoms with Gasteiger partial charge in [0.1, 0.15) is 16.9 Å². The van der Waals surface area contributed by atoms with E-state index in [0.717, 1.165) is 24.6 Å². The van der Waals surface area contributed by atoms with Gasteiger partial charge in [-0.15, -0.1) is 0 Å². The Morgan fingerprint density at radius 1 is 1.19 bits per heavy atom. The number of nitrogens with one attached hydrogen (secondary N) is 2. The topological polar surface area (TPSA) is 91.6 Å². The minimum absolute atomic E-state index is 0.121. The number of rotatable bonds is 6. The Morgan fingerprint density at radius 2 is 1.96 bits per heavy atom. The normalized spacial score (nSPS) is 16.4. The van der Waals surface area contributed by atoms with Gasteiger partial charge in [0.25, 0.3) is 0 Å². The molecule has 0 aliphatic heterocycles. The van der Waals surface area contributed by atoms with Crippen molar-refractivity contribution >= 4 is 22.8 Å². The molecule has 0 unspecified atom stereocenters. The molecule has 1 aromatic heterocycles. The first-order chi connectivity index (χ1) is 13.0. The van der Waals surface area contributed by atoms with Gasteiger partial charge in [0, 0.05) is 11.9 Å². The van der Waals surface area contributed by atoms with Crippen molar-refractivity contribution in [3.8, 4) is 0 Å². The molecule has 2 amide bonds. The number of furan rings is 1. The Balaban J connectivity index is 1.48. The molecule has 1 atom stereocenters. The van der Waals surface area contributed by atoms with Crippen LogP contribution in [0.4, 0.5) is 0 Å². The van der Waals surface area contributed by atoms with Gasteiger partial charge in [0.15, 0.2) is 0 Å². The Bertz CT molecular complexity index is 818. The number of hydrogen-bond acceptors (Lipinski definition) is 4. The number of aliphatic hydroxyl groups is 1. The molecule has 1 heterocycles. The standard InChI is InChI=1S/C21H26N2O4/c1-21(26,18-13-16-9-5-6-10-17(16)27-18)14-23-20(25)19(24)22-12-11-15-7-3-2-4-8-15/h5-7,9-10,13,26H,2-4,8,11-12,14H2,1H3,(H,22,24)(H,23,25)/t21-/m0/s1. The Kier molecular flexibility index (Phi) is 5.96. The van der Waals surface area contributed by atoms with Crippen LogP contribution in [0.25, 0.3) is 11.0 Å². The molecule has 3 rings (SSSR count). The molecule has 0 spiro atoms. The molecule has 0 fully saturated rings. The highest BCUT2D eigenvalue weighted by Gasteiger charge is 2.29. The molecule has 27 heavy (non-hydrogen) atoms. The molecule has 1 aliphatic rings. The van der Waals surface area contributed by atoms with Gasteiger partial charge in [-0.2, -0.15) is 0 Å². The summed E-state index contributed by atoms with van der Waals surface area (Å²) in [5.74, 6) is -1.11. The van der Waals surface area contributed by atoms with E-state index in [1.54, 1.807) is 13.0 Å². The van der Waals surface area contributed by atoms with Crippen LogP contribution in [-0.4, -0.2) is 30.0 Å². The zero-order chi connectivity index (χ0) is 19.3. The van der Waals surface area contributed by atoms with Crippen LogP contribution in [0.5, 0.6) is 0 Å². The summed E-state index contributed by atoms with van der Waals surface area (Å²) >= 11 is 0. The van der Waals surface area contributed by atoms with Crippen LogP contribution in [0.1, 0.15) is 44.8 Å². The average molecular weight is 370 g/mol. The highest BCUT2D eigenvalue weighted by atomic mass is 16.4. The number of allylic oxidation sites excluding steroid dienone is 1. The van der Waals surface area contributed by atoms with E-state index in [4.69, 9.17) is 4.42 Å². The maximum atomic E-state index is 12.0. The van der Waals surface area contributed by atoms with Crippen molar-refractivity contribution < 1.29 is 19.1 Å². The zero-order valence-electron chi connectivity index (χ0n) is 15.6. The lowest BCUT2D eigenvalue weighted by Gasteiger charge is -2.21. The molecular weight excluding hydrogens is 344 g/mol. The maximum Gasteiger partial charge on any atom is 0.309 e. The van der Waals surface area contributed by atoms with E-state index >= 15 is 0 Å². The van der Waals surface area contributed by atoms with Crippen LogP contribution in [-0.2, 0) is 15.2 Å². The van der Waals surface area contributed by atoms with E-state index in [1.807, 2.05) is 24.3 Å². The number of amides is 2. The van der Waals surface area contributed by atoms with Gasteiger partial charge < -0.3 is 20.2 Å². The second kappa shape index (κ2) is 8.39. The molecular formula is C21H26N2O4. The third kappa shape index (κ3) is 4.98. The smallest absolute Gasteiger partial charge is 0.309 e. The van der Waals surface area contributed by atoms with Gasteiger partial charge in [0.2, 0.25) is 0 Å². The fourth-order valence-corrected chi connectivity index (χ4v) is 3.22. The SMILES string of the molecule is C[C@](O)(CNC(=O)C(=O)NCCC1=CCCCC1)c1cc2ccccc2o1. The van der Waals surface area contributed by atoms with E-state index in [9.17, 15) is 14.7 Å². The highest BCUT2D eigenvalue weighted by molar-refractivity contribution is 6.35. The largest absolute Gasteiger partial charge is 0.458 e. The van der Waals surface area contributed by atoms with Crippen molar-refractivity contribution in [1.29, 1.82) is 0 Å². The molecule has 0 saturated carbocycles. The third-order valence-electron chi connectivity index (χ3n) is 4.87. The van der Waals surface area contributed by atoms with Crippen molar-refractivity contribution in [3.63, 3.8) is 0 Å². The summed E-state index contributed by atoms with van der Waals surface area (Å²) in [5, 5.41) is 16.6. The zero-order valence-corrected chi connectivity index (χ0v) is 15.6. The maximum absolute atomic E-state index is 12.0. The molecule has 0 bridgehead atoms. The molecule has 144 valence electrons. The van der Waals surface area contributed by atoms with Crippen LogP contribution in [0.3, 0.4) is 0 Å². The second-order valence-electron chi connectivity index (χ2n) is 7.22. The predicted molar refractivity (Wildman–Crippen MR) is 103 cm³/mol. The Morgan fingerprint density at radius 3 is 2.70 bits per heavy atom. The number of carbonyl (C=O) groups is 2.